The summed E-state index contributed by atoms with van der Waals surface area (Å²) in [5.41, 5.74) is 1.16. The Balaban J connectivity index is 1.78. The first-order valence-electron chi connectivity index (χ1n) is 6.84. The maximum absolute atomic E-state index is 14.0. The number of rotatable bonds is 2. The molecule has 1 fully saturated rings. The molecule has 2 aromatic carbocycles. The van der Waals surface area contributed by atoms with E-state index in [0.717, 1.165) is 5.75 Å². The highest BCUT2D eigenvalue weighted by Crippen LogP contribution is 2.39. The van der Waals surface area contributed by atoms with Crippen LogP contribution in [0.2, 0.25) is 5.02 Å². The van der Waals surface area contributed by atoms with E-state index in [1.165, 1.54) is 6.07 Å². The van der Waals surface area contributed by atoms with Crippen LogP contribution < -0.4 is 5.32 Å². The molecule has 0 unspecified atom stereocenters. The van der Waals surface area contributed by atoms with Gasteiger partial charge in [-0.2, -0.15) is 0 Å². The second-order valence-corrected chi connectivity index (χ2v) is 6.50. The third-order valence-electron chi connectivity index (χ3n) is 3.40. The molecular formula is C16H14ClFN2OS. The Hall–Kier alpha value is -1.72. The Bertz CT molecular complexity index is 697. The Morgan fingerprint density at radius 2 is 2.09 bits per heavy atom. The molecule has 1 atom stereocenters. The van der Waals surface area contributed by atoms with Crippen molar-refractivity contribution in [2.45, 2.75) is 5.37 Å². The first kappa shape index (κ1) is 15.2. The number of nitrogens with one attached hydrogen (secondary N) is 1. The molecule has 22 heavy (non-hydrogen) atoms. The summed E-state index contributed by atoms with van der Waals surface area (Å²) in [6.45, 7) is 0.579. The maximum Gasteiger partial charge on any atom is 0.323 e. The standard InChI is InChI=1S/C16H14ClFN2OS/c17-11-4-3-5-12(10-11)19-16(21)20-8-9-22-15(20)13-6-1-2-7-14(13)18/h1-7,10,15H,8-9H2,(H,19,21)/t15-/m0/s1. The Labute approximate surface area is 137 Å². The van der Waals surface area contributed by atoms with Crippen molar-refractivity contribution in [3.05, 3.63) is 64.9 Å². The number of anilines is 1. The van der Waals surface area contributed by atoms with Crippen molar-refractivity contribution in [3.8, 4) is 0 Å². The third-order valence-corrected chi connectivity index (χ3v) is 4.88. The Morgan fingerprint density at radius 3 is 2.86 bits per heavy atom. The van der Waals surface area contributed by atoms with Gasteiger partial charge in [0.2, 0.25) is 0 Å². The fraction of sp³-hybridized carbons (Fsp3) is 0.188. The molecule has 2 aromatic rings. The van der Waals surface area contributed by atoms with Crippen LogP contribution in [-0.4, -0.2) is 23.2 Å². The molecule has 6 heteroatoms. The van der Waals surface area contributed by atoms with E-state index in [0.29, 0.717) is 22.8 Å². The molecule has 3 nitrogen and oxygen atoms in total. The van der Waals surface area contributed by atoms with Gasteiger partial charge in [-0.15, -0.1) is 11.8 Å². The predicted molar refractivity (Wildman–Crippen MR) is 88.8 cm³/mol. The molecule has 0 saturated carbocycles. The number of benzene rings is 2. The molecule has 1 heterocycles. The van der Waals surface area contributed by atoms with E-state index < -0.39 is 0 Å². The Morgan fingerprint density at radius 1 is 1.27 bits per heavy atom. The van der Waals surface area contributed by atoms with Crippen molar-refractivity contribution in [1.82, 2.24) is 4.90 Å². The normalized spacial score (nSPS) is 17.5. The molecule has 0 aliphatic carbocycles. The van der Waals surface area contributed by atoms with Gasteiger partial charge in [0.05, 0.1) is 0 Å². The molecule has 0 radical (unpaired) electrons. The van der Waals surface area contributed by atoms with E-state index in [1.807, 2.05) is 0 Å². The van der Waals surface area contributed by atoms with E-state index in [1.54, 1.807) is 59.1 Å². The minimum absolute atomic E-state index is 0.250. The van der Waals surface area contributed by atoms with Gasteiger partial charge < -0.3 is 10.2 Å². The summed E-state index contributed by atoms with van der Waals surface area (Å²) in [6, 6.07) is 13.3. The van der Waals surface area contributed by atoms with Gasteiger partial charge >= 0.3 is 6.03 Å². The van der Waals surface area contributed by atoms with Gasteiger partial charge in [0.15, 0.2) is 0 Å². The van der Waals surface area contributed by atoms with Crippen molar-refractivity contribution < 1.29 is 9.18 Å². The summed E-state index contributed by atoms with van der Waals surface area (Å²) in [5, 5.41) is 3.06. The molecule has 3 rings (SSSR count). The first-order valence-corrected chi connectivity index (χ1v) is 8.27. The van der Waals surface area contributed by atoms with Gasteiger partial charge in [-0.1, -0.05) is 35.9 Å². The summed E-state index contributed by atoms with van der Waals surface area (Å²) >= 11 is 7.47. The average Bonchev–Trinajstić information content (AvgIpc) is 2.97. The van der Waals surface area contributed by atoms with Crippen LogP contribution in [0.1, 0.15) is 10.9 Å². The summed E-state index contributed by atoms with van der Waals surface area (Å²) in [5.74, 6) is 0.490. The number of carbonyl (C=O) groups is 1. The highest BCUT2D eigenvalue weighted by atomic mass is 35.5. The van der Waals surface area contributed by atoms with E-state index in [-0.39, 0.29) is 17.2 Å². The fourth-order valence-electron chi connectivity index (χ4n) is 2.37. The molecule has 0 spiro atoms. The zero-order valence-electron chi connectivity index (χ0n) is 11.6. The van der Waals surface area contributed by atoms with Crippen molar-refractivity contribution in [2.75, 3.05) is 17.6 Å². The van der Waals surface area contributed by atoms with Crippen LogP contribution in [0.25, 0.3) is 0 Å². The van der Waals surface area contributed by atoms with Crippen molar-refractivity contribution in [1.29, 1.82) is 0 Å². The summed E-state index contributed by atoms with van der Waals surface area (Å²) < 4.78 is 14.0. The maximum atomic E-state index is 14.0. The molecule has 1 aliphatic rings. The number of carbonyl (C=O) groups excluding carboxylic acids is 1. The zero-order valence-corrected chi connectivity index (χ0v) is 13.2. The average molecular weight is 337 g/mol. The van der Waals surface area contributed by atoms with Gasteiger partial charge in [0, 0.05) is 28.6 Å². The molecule has 1 saturated heterocycles. The number of nitrogens with zero attached hydrogens (tertiary/aromatic N) is 1. The SMILES string of the molecule is O=C(Nc1cccc(Cl)c1)N1CCS[C@H]1c1ccccc1F. The number of hydrogen-bond acceptors (Lipinski definition) is 2. The third kappa shape index (κ3) is 3.20. The van der Waals surface area contributed by atoms with Gasteiger partial charge in [0.1, 0.15) is 11.2 Å². The number of hydrogen-bond donors (Lipinski definition) is 1. The molecule has 1 N–H and O–H groups in total. The molecule has 1 aliphatic heterocycles. The Kier molecular flexibility index (Phi) is 4.55. The van der Waals surface area contributed by atoms with Gasteiger partial charge in [-0.25, -0.2) is 9.18 Å². The van der Waals surface area contributed by atoms with Crippen LogP contribution in [0, 0.1) is 5.82 Å². The van der Waals surface area contributed by atoms with E-state index in [4.69, 9.17) is 11.6 Å². The number of thioether (sulfide) groups is 1. The minimum atomic E-state index is -0.305. The molecule has 0 bridgehead atoms. The minimum Gasteiger partial charge on any atom is -0.308 e. The number of halogens is 2. The van der Waals surface area contributed by atoms with E-state index in [2.05, 4.69) is 5.32 Å². The van der Waals surface area contributed by atoms with Crippen LogP contribution in [-0.2, 0) is 0 Å². The largest absolute Gasteiger partial charge is 0.323 e. The fourth-order valence-corrected chi connectivity index (χ4v) is 3.84. The van der Waals surface area contributed by atoms with Gasteiger partial charge in [-0.05, 0) is 24.3 Å². The van der Waals surface area contributed by atoms with Crippen molar-refractivity contribution >= 4 is 35.1 Å². The van der Waals surface area contributed by atoms with Gasteiger partial charge in [-0.3, -0.25) is 0 Å². The predicted octanol–water partition coefficient (Wildman–Crippen LogP) is 4.76. The van der Waals surface area contributed by atoms with Crippen LogP contribution in [0.15, 0.2) is 48.5 Å². The highest BCUT2D eigenvalue weighted by molar-refractivity contribution is 7.99. The number of urea groups is 1. The van der Waals surface area contributed by atoms with Crippen LogP contribution >= 0.6 is 23.4 Å². The van der Waals surface area contributed by atoms with Crippen LogP contribution in [0.4, 0.5) is 14.9 Å². The second-order valence-electron chi connectivity index (χ2n) is 4.88. The number of amides is 2. The van der Waals surface area contributed by atoms with E-state index in [9.17, 15) is 9.18 Å². The molecular weight excluding hydrogens is 323 g/mol. The van der Waals surface area contributed by atoms with Crippen LogP contribution in [0.3, 0.4) is 0 Å². The second kappa shape index (κ2) is 6.58. The van der Waals surface area contributed by atoms with E-state index >= 15 is 0 Å². The monoisotopic (exact) mass is 336 g/mol. The molecule has 114 valence electrons. The lowest BCUT2D eigenvalue weighted by atomic mass is 10.2. The lowest BCUT2D eigenvalue weighted by molar-refractivity contribution is 0.213. The summed E-state index contributed by atoms with van der Waals surface area (Å²) in [6.07, 6.45) is 0. The first-order chi connectivity index (χ1) is 10.6. The highest BCUT2D eigenvalue weighted by Gasteiger charge is 2.32. The lowest BCUT2D eigenvalue weighted by Crippen LogP contribution is -2.34. The zero-order chi connectivity index (χ0) is 15.5. The lowest BCUT2D eigenvalue weighted by Gasteiger charge is -2.24. The summed E-state index contributed by atoms with van der Waals surface area (Å²) in [4.78, 5) is 14.1. The topological polar surface area (TPSA) is 32.3 Å². The molecule has 2 amide bonds. The van der Waals surface area contributed by atoms with Crippen molar-refractivity contribution in [2.24, 2.45) is 0 Å². The van der Waals surface area contributed by atoms with Crippen molar-refractivity contribution in [3.63, 3.8) is 0 Å². The smallest absolute Gasteiger partial charge is 0.308 e. The quantitative estimate of drug-likeness (QED) is 0.857. The molecule has 0 aromatic heterocycles. The summed E-state index contributed by atoms with van der Waals surface area (Å²) in [7, 11) is 0. The van der Waals surface area contributed by atoms with Gasteiger partial charge in [0.25, 0.3) is 0 Å². The van der Waals surface area contributed by atoms with Crippen LogP contribution in [0.5, 0.6) is 0 Å².